The van der Waals surface area contributed by atoms with Crippen molar-refractivity contribution in [3.63, 3.8) is 0 Å². The maximum absolute atomic E-state index is 11.4. The number of rotatable bonds is 5. The molecule has 0 spiro atoms. The summed E-state index contributed by atoms with van der Waals surface area (Å²) in [4.78, 5) is 15.7. The fourth-order valence-corrected chi connectivity index (χ4v) is 2.38. The second-order valence-corrected chi connectivity index (χ2v) is 5.56. The summed E-state index contributed by atoms with van der Waals surface area (Å²) in [5, 5.41) is 4.35. The summed E-state index contributed by atoms with van der Waals surface area (Å²) in [5.74, 6) is 0.456. The molecule has 1 heterocycles. The number of aryl methyl sites for hydroxylation is 1. The van der Waals surface area contributed by atoms with E-state index in [0.29, 0.717) is 22.5 Å². The first-order chi connectivity index (χ1) is 11.5. The number of aromatic nitrogens is 2. The highest BCUT2D eigenvalue weighted by atomic mass is 35.5. The van der Waals surface area contributed by atoms with E-state index in [0.717, 1.165) is 11.1 Å². The molecule has 0 saturated carbocycles. The van der Waals surface area contributed by atoms with Crippen LogP contribution in [0.4, 0.5) is 0 Å². The molecule has 6 nitrogen and oxygen atoms in total. The number of amides is 1. The zero-order valence-corrected chi connectivity index (χ0v) is 13.6. The lowest BCUT2D eigenvalue weighted by Crippen LogP contribution is -2.13. The van der Waals surface area contributed by atoms with Gasteiger partial charge in [-0.25, -0.2) is 0 Å². The smallest absolute Gasteiger partial charge is 0.264 e. The van der Waals surface area contributed by atoms with Crippen LogP contribution in [0.2, 0.25) is 5.02 Å². The molecular weight excluding hydrogens is 330 g/mol. The molecule has 2 aromatic carbocycles. The predicted molar refractivity (Wildman–Crippen MR) is 88.8 cm³/mol. The Balaban J connectivity index is 1.77. The normalized spacial score (nSPS) is 10.6. The minimum Gasteiger partial charge on any atom is -0.483 e. The van der Waals surface area contributed by atoms with Crippen molar-refractivity contribution in [2.24, 2.45) is 5.73 Å². The Bertz CT molecular complexity index is 892. The van der Waals surface area contributed by atoms with Crippen molar-refractivity contribution in [3.05, 3.63) is 64.5 Å². The molecule has 3 aromatic rings. The van der Waals surface area contributed by atoms with Gasteiger partial charge in [-0.05, 0) is 30.7 Å². The fourth-order valence-electron chi connectivity index (χ4n) is 2.21. The summed E-state index contributed by atoms with van der Waals surface area (Å²) >= 11 is 5.86. The molecule has 0 bridgehead atoms. The van der Waals surface area contributed by atoms with E-state index in [-0.39, 0.29) is 12.2 Å². The second-order valence-electron chi connectivity index (χ2n) is 5.12. The third-order valence-electron chi connectivity index (χ3n) is 3.41. The van der Waals surface area contributed by atoms with Gasteiger partial charge in [0.05, 0.1) is 5.56 Å². The molecule has 1 aromatic heterocycles. The van der Waals surface area contributed by atoms with Gasteiger partial charge < -0.3 is 15.0 Å². The van der Waals surface area contributed by atoms with Crippen LogP contribution in [0.3, 0.4) is 0 Å². The standard InChI is InChI=1S/C17H14ClN3O3/c1-10-4-2-3-5-12(10)17-20-15(24-21-17)9-23-14-7-6-11(18)8-13(14)16(19)22/h2-8H,9H2,1H3,(H2,19,22). The molecular formula is C17H14ClN3O3. The van der Waals surface area contributed by atoms with Crippen LogP contribution in [-0.2, 0) is 6.61 Å². The van der Waals surface area contributed by atoms with Crippen molar-refractivity contribution in [1.82, 2.24) is 10.1 Å². The molecule has 1 amide bonds. The number of nitrogens with two attached hydrogens (primary N) is 1. The minimum absolute atomic E-state index is 0.0147. The highest BCUT2D eigenvalue weighted by molar-refractivity contribution is 6.31. The molecule has 0 aliphatic rings. The van der Waals surface area contributed by atoms with E-state index in [9.17, 15) is 4.79 Å². The molecule has 0 aliphatic heterocycles. The van der Waals surface area contributed by atoms with E-state index in [1.54, 1.807) is 12.1 Å². The lowest BCUT2D eigenvalue weighted by Gasteiger charge is -2.07. The molecule has 0 unspecified atom stereocenters. The fraction of sp³-hybridized carbons (Fsp3) is 0.118. The highest BCUT2D eigenvalue weighted by Gasteiger charge is 2.14. The first kappa shape index (κ1) is 16.0. The number of hydrogen-bond acceptors (Lipinski definition) is 5. The number of benzene rings is 2. The molecule has 2 N–H and O–H groups in total. The summed E-state index contributed by atoms with van der Waals surface area (Å²) < 4.78 is 10.8. The Kier molecular flexibility index (Phi) is 4.48. The van der Waals surface area contributed by atoms with Gasteiger partial charge in [-0.15, -0.1) is 0 Å². The van der Waals surface area contributed by atoms with Crippen molar-refractivity contribution in [2.75, 3.05) is 0 Å². The van der Waals surface area contributed by atoms with E-state index >= 15 is 0 Å². The molecule has 0 aliphatic carbocycles. The number of hydrogen-bond donors (Lipinski definition) is 1. The van der Waals surface area contributed by atoms with Gasteiger partial charge in [0.1, 0.15) is 5.75 Å². The minimum atomic E-state index is -0.626. The second kappa shape index (κ2) is 6.72. The van der Waals surface area contributed by atoms with E-state index in [4.69, 9.17) is 26.6 Å². The number of carbonyl (C=O) groups is 1. The van der Waals surface area contributed by atoms with Crippen molar-refractivity contribution in [3.8, 4) is 17.1 Å². The van der Waals surface area contributed by atoms with Crippen LogP contribution in [0.15, 0.2) is 47.0 Å². The third kappa shape index (κ3) is 3.38. The first-order valence-corrected chi connectivity index (χ1v) is 7.53. The molecule has 3 rings (SSSR count). The maximum atomic E-state index is 11.4. The zero-order valence-electron chi connectivity index (χ0n) is 12.8. The average Bonchev–Trinajstić information content (AvgIpc) is 3.02. The van der Waals surface area contributed by atoms with Gasteiger partial charge in [0.15, 0.2) is 6.61 Å². The van der Waals surface area contributed by atoms with Crippen LogP contribution in [0, 0.1) is 6.92 Å². The molecule has 24 heavy (non-hydrogen) atoms. The highest BCUT2D eigenvalue weighted by Crippen LogP contribution is 2.24. The third-order valence-corrected chi connectivity index (χ3v) is 3.65. The van der Waals surface area contributed by atoms with Gasteiger partial charge in [0.2, 0.25) is 5.82 Å². The van der Waals surface area contributed by atoms with E-state index < -0.39 is 5.91 Å². The van der Waals surface area contributed by atoms with Gasteiger partial charge in [-0.2, -0.15) is 4.98 Å². The SMILES string of the molecule is Cc1ccccc1-c1noc(COc2ccc(Cl)cc2C(N)=O)n1. The Morgan fingerprint density at radius 1 is 1.29 bits per heavy atom. The zero-order chi connectivity index (χ0) is 17.1. The number of ether oxygens (including phenoxy) is 1. The van der Waals surface area contributed by atoms with Gasteiger partial charge in [-0.3, -0.25) is 4.79 Å². The molecule has 0 radical (unpaired) electrons. The number of carbonyl (C=O) groups excluding carboxylic acids is 1. The molecule has 122 valence electrons. The summed E-state index contributed by atoms with van der Waals surface area (Å²) in [6.45, 7) is 1.98. The van der Waals surface area contributed by atoms with Crippen molar-refractivity contribution in [1.29, 1.82) is 0 Å². The Hall–Kier alpha value is -2.86. The number of nitrogens with zero attached hydrogens (tertiary/aromatic N) is 2. The Morgan fingerprint density at radius 2 is 2.08 bits per heavy atom. The van der Waals surface area contributed by atoms with Crippen LogP contribution in [0.25, 0.3) is 11.4 Å². The lowest BCUT2D eigenvalue weighted by molar-refractivity contribution is 0.0995. The van der Waals surface area contributed by atoms with Crippen molar-refractivity contribution < 1.29 is 14.1 Å². The molecule has 0 atom stereocenters. The summed E-state index contributed by atoms with van der Waals surface area (Å²) in [7, 11) is 0. The summed E-state index contributed by atoms with van der Waals surface area (Å²) in [5.41, 5.74) is 7.44. The maximum Gasteiger partial charge on any atom is 0.264 e. The van der Waals surface area contributed by atoms with E-state index in [2.05, 4.69) is 10.1 Å². The van der Waals surface area contributed by atoms with Crippen LogP contribution >= 0.6 is 11.6 Å². The number of halogens is 1. The Labute approximate surface area is 143 Å². The Morgan fingerprint density at radius 3 is 2.83 bits per heavy atom. The summed E-state index contributed by atoms with van der Waals surface area (Å²) in [6, 6.07) is 12.4. The van der Waals surface area contributed by atoms with Gasteiger partial charge >= 0.3 is 0 Å². The lowest BCUT2D eigenvalue weighted by atomic mass is 10.1. The topological polar surface area (TPSA) is 91.2 Å². The van der Waals surface area contributed by atoms with Crippen LogP contribution < -0.4 is 10.5 Å². The molecule has 0 fully saturated rings. The summed E-state index contributed by atoms with van der Waals surface area (Å²) in [6.07, 6.45) is 0. The molecule has 7 heteroatoms. The number of primary amides is 1. The average molecular weight is 344 g/mol. The monoisotopic (exact) mass is 343 g/mol. The van der Waals surface area contributed by atoms with Crippen LogP contribution in [0.1, 0.15) is 21.8 Å². The van der Waals surface area contributed by atoms with Gasteiger partial charge in [0, 0.05) is 10.6 Å². The van der Waals surface area contributed by atoms with Crippen molar-refractivity contribution in [2.45, 2.75) is 13.5 Å². The first-order valence-electron chi connectivity index (χ1n) is 7.15. The molecule has 0 saturated heterocycles. The predicted octanol–water partition coefficient (Wildman–Crippen LogP) is 3.38. The van der Waals surface area contributed by atoms with E-state index in [1.165, 1.54) is 6.07 Å². The van der Waals surface area contributed by atoms with Crippen LogP contribution in [0.5, 0.6) is 5.75 Å². The van der Waals surface area contributed by atoms with Gasteiger partial charge in [0.25, 0.3) is 11.8 Å². The van der Waals surface area contributed by atoms with Gasteiger partial charge in [-0.1, -0.05) is 41.0 Å². The van der Waals surface area contributed by atoms with E-state index in [1.807, 2.05) is 31.2 Å². The quantitative estimate of drug-likeness (QED) is 0.766. The van der Waals surface area contributed by atoms with Crippen molar-refractivity contribution >= 4 is 17.5 Å². The van der Waals surface area contributed by atoms with Crippen LogP contribution in [-0.4, -0.2) is 16.0 Å². The largest absolute Gasteiger partial charge is 0.483 e.